The van der Waals surface area contributed by atoms with E-state index >= 15 is 0 Å². The van der Waals surface area contributed by atoms with E-state index in [0.29, 0.717) is 34.7 Å². The Morgan fingerprint density at radius 3 is 2.52 bits per heavy atom. The SMILES string of the molecule is CCCC1=NN(c2ccccc2)C(=O)C1=Cc1ccc(-c2cccc(C(F)(F)F)c2)o1. The van der Waals surface area contributed by atoms with Crippen molar-refractivity contribution in [2.45, 2.75) is 25.9 Å². The van der Waals surface area contributed by atoms with Crippen LogP contribution in [0.3, 0.4) is 0 Å². The number of carbonyl (C=O) groups is 1. The molecule has 3 aromatic rings. The van der Waals surface area contributed by atoms with Gasteiger partial charge in [-0.05, 0) is 48.9 Å². The molecule has 158 valence electrons. The van der Waals surface area contributed by atoms with Gasteiger partial charge in [-0.15, -0.1) is 0 Å². The molecule has 0 saturated carbocycles. The van der Waals surface area contributed by atoms with Crippen LogP contribution in [0.25, 0.3) is 17.4 Å². The topological polar surface area (TPSA) is 45.8 Å². The van der Waals surface area contributed by atoms with E-state index in [0.717, 1.165) is 18.6 Å². The zero-order valence-corrected chi connectivity index (χ0v) is 16.7. The predicted molar refractivity (Wildman–Crippen MR) is 113 cm³/mol. The van der Waals surface area contributed by atoms with Crippen LogP contribution in [0.5, 0.6) is 0 Å². The number of alkyl halides is 3. The average Bonchev–Trinajstić information content (AvgIpc) is 3.35. The van der Waals surface area contributed by atoms with E-state index in [4.69, 9.17) is 4.42 Å². The third-order valence-electron chi connectivity index (χ3n) is 4.83. The molecule has 0 fully saturated rings. The third-order valence-corrected chi connectivity index (χ3v) is 4.83. The summed E-state index contributed by atoms with van der Waals surface area (Å²) in [4.78, 5) is 13.0. The molecule has 0 N–H and O–H groups in total. The summed E-state index contributed by atoms with van der Waals surface area (Å²) in [5.41, 5.74) is 1.28. The highest BCUT2D eigenvalue weighted by molar-refractivity contribution is 6.32. The van der Waals surface area contributed by atoms with E-state index < -0.39 is 11.7 Å². The number of carbonyl (C=O) groups excluding carboxylic acids is 1. The fourth-order valence-corrected chi connectivity index (χ4v) is 3.34. The standard InChI is InChI=1S/C24H19F3N2O2/c1-2-7-21-20(23(30)29(28-21)18-10-4-3-5-11-18)15-19-12-13-22(31-19)16-8-6-9-17(14-16)24(25,26)27/h3-6,8-15H,2,7H2,1H3. The number of hydrazone groups is 1. The quantitative estimate of drug-likeness (QED) is 0.436. The van der Waals surface area contributed by atoms with Crippen LogP contribution in [0.15, 0.2) is 81.8 Å². The summed E-state index contributed by atoms with van der Waals surface area (Å²) in [6.45, 7) is 1.99. The first-order valence-corrected chi connectivity index (χ1v) is 9.83. The molecule has 7 heteroatoms. The van der Waals surface area contributed by atoms with Gasteiger partial charge < -0.3 is 4.42 Å². The summed E-state index contributed by atoms with van der Waals surface area (Å²) >= 11 is 0. The normalized spacial score (nSPS) is 15.6. The number of furan rings is 1. The minimum Gasteiger partial charge on any atom is -0.457 e. The molecular weight excluding hydrogens is 405 g/mol. The van der Waals surface area contributed by atoms with Crippen molar-refractivity contribution in [1.29, 1.82) is 0 Å². The number of nitrogens with zero attached hydrogens (tertiary/aromatic N) is 2. The molecule has 4 nitrogen and oxygen atoms in total. The number of benzene rings is 2. The van der Waals surface area contributed by atoms with Gasteiger partial charge in [0.25, 0.3) is 5.91 Å². The molecule has 0 aliphatic carbocycles. The Labute approximate surface area is 177 Å². The molecule has 2 aromatic carbocycles. The summed E-state index contributed by atoms with van der Waals surface area (Å²) in [5, 5.41) is 5.83. The Hall–Kier alpha value is -3.61. The van der Waals surface area contributed by atoms with Gasteiger partial charge in [0.1, 0.15) is 11.5 Å². The number of halogens is 3. The molecule has 4 rings (SSSR count). The van der Waals surface area contributed by atoms with E-state index in [1.165, 1.54) is 11.1 Å². The molecule has 0 atom stereocenters. The van der Waals surface area contributed by atoms with Gasteiger partial charge in [-0.25, -0.2) is 0 Å². The minimum atomic E-state index is -4.43. The maximum absolute atomic E-state index is 13.0. The van der Waals surface area contributed by atoms with Gasteiger partial charge in [0.05, 0.1) is 22.5 Å². The van der Waals surface area contributed by atoms with Crippen molar-refractivity contribution in [2.75, 3.05) is 5.01 Å². The summed E-state index contributed by atoms with van der Waals surface area (Å²) in [7, 11) is 0. The number of rotatable bonds is 5. The zero-order valence-electron chi connectivity index (χ0n) is 16.7. The third kappa shape index (κ3) is 4.30. The van der Waals surface area contributed by atoms with E-state index in [1.54, 1.807) is 36.4 Å². The number of hydrogen-bond acceptors (Lipinski definition) is 3. The van der Waals surface area contributed by atoms with Gasteiger partial charge in [-0.3, -0.25) is 4.79 Å². The summed E-state index contributed by atoms with van der Waals surface area (Å²) < 4.78 is 44.7. The predicted octanol–water partition coefficient (Wildman–Crippen LogP) is 6.55. The number of amides is 1. The maximum Gasteiger partial charge on any atom is 0.416 e. The first kappa shape index (κ1) is 20.7. The van der Waals surface area contributed by atoms with Crippen molar-refractivity contribution in [2.24, 2.45) is 5.10 Å². The summed E-state index contributed by atoms with van der Waals surface area (Å²) in [5.74, 6) is 0.387. The summed E-state index contributed by atoms with van der Waals surface area (Å²) in [6.07, 6.45) is -1.42. The maximum atomic E-state index is 13.0. The van der Waals surface area contributed by atoms with Crippen molar-refractivity contribution in [1.82, 2.24) is 0 Å². The molecule has 2 heterocycles. The molecule has 0 unspecified atom stereocenters. The van der Waals surface area contributed by atoms with Gasteiger partial charge in [0.2, 0.25) is 0 Å². The number of para-hydroxylation sites is 1. The van der Waals surface area contributed by atoms with Crippen molar-refractivity contribution >= 4 is 23.4 Å². The van der Waals surface area contributed by atoms with Crippen molar-refractivity contribution < 1.29 is 22.4 Å². The van der Waals surface area contributed by atoms with Crippen molar-refractivity contribution in [3.05, 3.63) is 83.6 Å². The van der Waals surface area contributed by atoms with Gasteiger partial charge >= 0.3 is 6.18 Å². The highest BCUT2D eigenvalue weighted by Gasteiger charge is 2.32. The molecule has 31 heavy (non-hydrogen) atoms. The number of hydrogen-bond donors (Lipinski definition) is 0. The molecular formula is C24H19F3N2O2. The lowest BCUT2D eigenvalue weighted by Gasteiger charge is -2.10. The Morgan fingerprint density at radius 1 is 1.03 bits per heavy atom. The lowest BCUT2D eigenvalue weighted by atomic mass is 10.1. The lowest BCUT2D eigenvalue weighted by molar-refractivity contribution is -0.137. The van der Waals surface area contributed by atoms with E-state index in [2.05, 4.69) is 5.10 Å². The first-order chi connectivity index (χ1) is 14.9. The molecule has 1 amide bonds. The highest BCUT2D eigenvalue weighted by Crippen LogP contribution is 2.33. The van der Waals surface area contributed by atoms with E-state index in [9.17, 15) is 18.0 Å². The van der Waals surface area contributed by atoms with Crippen LogP contribution in [0.4, 0.5) is 18.9 Å². The van der Waals surface area contributed by atoms with E-state index in [-0.39, 0.29) is 11.7 Å². The van der Waals surface area contributed by atoms with Crippen LogP contribution < -0.4 is 5.01 Å². The highest BCUT2D eigenvalue weighted by atomic mass is 19.4. The Balaban J connectivity index is 1.65. The fraction of sp³-hybridized carbons (Fsp3) is 0.167. The Bertz CT molecular complexity index is 1160. The van der Waals surface area contributed by atoms with Crippen molar-refractivity contribution in [3.63, 3.8) is 0 Å². The van der Waals surface area contributed by atoms with Gasteiger partial charge in [-0.2, -0.15) is 23.3 Å². The molecule has 1 aliphatic rings. The number of anilines is 1. The summed E-state index contributed by atoms with van der Waals surface area (Å²) in [6, 6.07) is 17.3. The van der Waals surface area contributed by atoms with Crippen LogP contribution in [-0.4, -0.2) is 11.6 Å². The second-order valence-electron chi connectivity index (χ2n) is 7.09. The van der Waals surface area contributed by atoms with Gasteiger partial charge in [0, 0.05) is 5.56 Å². The smallest absolute Gasteiger partial charge is 0.416 e. The van der Waals surface area contributed by atoms with E-state index in [1.807, 2.05) is 25.1 Å². The second kappa shape index (κ2) is 8.26. The Morgan fingerprint density at radius 2 is 1.81 bits per heavy atom. The van der Waals surface area contributed by atoms with Crippen molar-refractivity contribution in [3.8, 4) is 11.3 Å². The first-order valence-electron chi connectivity index (χ1n) is 9.83. The van der Waals surface area contributed by atoms with Gasteiger partial charge in [-0.1, -0.05) is 43.7 Å². The molecule has 1 aromatic heterocycles. The van der Waals surface area contributed by atoms with Crippen LogP contribution in [0.2, 0.25) is 0 Å². The van der Waals surface area contributed by atoms with Crippen LogP contribution in [0, 0.1) is 0 Å². The lowest BCUT2D eigenvalue weighted by Crippen LogP contribution is -2.21. The molecule has 0 spiro atoms. The monoisotopic (exact) mass is 424 g/mol. The zero-order chi connectivity index (χ0) is 22.0. The molecule has 0 bridgehead atoms. The molecule has 0 saturated heterocycles. The Kier molecular flexibility index (Phi) is 5.50. The molecule has 1 aliphatic heterocycles. The minimum absolute atomic E-state index is 0.272. The largest absolute Gasteiger partial charge is 0.457 e. The van der Waals surface area contributed by atoms with Crippen LogP contribution in [0.1, 0.15) is 31.1 Å². The molecule has 0 radical (unpaired) electrons. The average molecular weight is 424 g/mol. The van der Waals surface area contributed by atoms with Crippen LogP contribution in [-0.2, 0) is 11.0 Å². The second-order valence-corrected chi connectivity index (χ2v) is 7.09. The van der Waals surface area contributed by atoms with Gasteiger partial charge in [0.15, 0.2) is 0 Å². The fourth-order valence-electron chi connectivity index (χ4n) is 3.34. The van der Waals surface area contributed by atoms with Crippen LogP contribution >= 0.6 is 0 Å².